The molecule has 2 nitrogen and oxygen atoms in total. The summed E-state index contributed by atoms with van der Waals surface area (Å²) in [5, 5.41) is 17.9. The Hall–Kier alpha value is 0.270. The minimum atomic E-state index is -0.230. The zero-order valence-corrected chi connectivity index (χ0v) is 7.40. The lowest BCUT2D eigenvalue weighted by molar-refractivity contribution is 0.220. The number of rotatable bonds is 5. The highest BCUT2D eigenvalue weighted by molar-refractivity contribution is 7.99. The largest absolute Gasteiger partial charge is 0.396 e. The Kier molecular flexibility index (Phi) is 6.17. The van der Waals surface area contributed by atoms with E-state index in [1.54, 1.807) is 18.7 Å². The van der Waals surface area contributed by atoms with Crippen LogP contribution in [0.4, 0.5) is 0 Å². The quantitative estimate of drug-likeness (QED) is 0.633. The van der Waals surface area contributed by atoms with E-state index in [1.165, 1.54) is 0 Å². The lowest BCUT2D eigenvalue weighted by Gasteiger charge is -2.09. The van der Waals surface area contributed by atoms with Gasteiger partial charge in [0.2, 0.25) is 0 Å². The van der Waals surface area contributed by atoms with Crippen LogP contribution in [-0.2, 0) is 0 Å². The molecule has 10 heavy (non-hydrogen) atoms. The molecule has 0 aromatic carbocycles. The van der Waals surface area contributed by atoms with E-state index in [0.717, 1.165) is 12.2 Å². The molecule has 0 rings (SSSR count). The van der Waals surface area contributed by atoms with Gasteiger partial charge in [-0.1, -0.05) is 6.92 Å². The summed E-state index contributed by atoms with van der Waals surface area (Å²) in [6.07, 6.45) is 0.586. The molecule has 0 aliphatic rings. The third kappa shape index (κ3) is 6.39. The van der Waals surface area contributed by atoms with Crippen molar-refractivity contribution >= 4 is 11.8 Å². The van der Waals surface area contributed by atoms with Crippen molar-refractivity contribution in [3.63, 3.8) is 0 Å². The van der Waals surface area contributed by atoms with Gasteiger partial charge in [-0.05, 0) is 13.3 Å². The van der Waals surface area contributed by atoms with Crippen LogP contribution in [0.15, 0.2) is 0 Å². The predicted octanol–water partition coefficient (Wildman–Crippen LogP) is 0.871. The van der Waals surface area contributed by atoms with Crippen molar-refractivity contribution in [1.82, 2.24) is 0 Å². The maximum atomic E-state index is 8.89. The van der Waals surface area contributed by atoms with Crippen molar-refractivity contribution in [3.8, 4) is 0 Å². The Balaban J connectivity index is 3.12. The van der Waals surface area contributed by atoms with Gasteiger partial charge in [-0.15, -0.1) is 0 Å². The highest BCUT2D eigenvalue weighted by Gasteiger charge is 2.02. The van der Waals surface area contributed by atoms with Gasteiger partial charge in [0.1, 0.15) is 0 Å². The van der Waals surface area contributed by atoms with Crippen LogP contribution in [0.5, 0.6) is 0 Å². The molecule has 1 unspecified atom stereocenters. The summed E-state index contributed by atoms with van der Waals surface area (Å²) < 4.78 is 0. The fourth-order valence-electron chi connectivity index (χ4n) is 0.569. The molecule has 0 aliphatic heterocycles. The van der Waals surface area contributed by atoms with E-state index in [1.807, 2.05) is 0 Å². The fourth-order valence-corrected chi connectivity index (χ4v) is 1.45. The van der Waals surface area contributed by atoms with Gasteiger partial charge in [-0.25, -0.2) is 0 Å². The SMILES string of the molecule is CC(CCO)SC[C@H](C)O. The maximum absolute atomic E-state index is 8.89. The standard InChI is InChI=1S/C7H16O2S/c1-6(9)5-10-7(2)3-4-8/h6-9H,3-5H2,1-2H3/t6-,7?/m0/s1. The van der Waals surface area contributed by atoms with Crippen LogP contribution in [-0.4, -0.2) is 33.9 Å². The molecule has 0 aromatic heterocycles. The summed E-state index contributed by atoms with van der Waals surface area (Å²) >= 11 is 1.70. The van der Waals surface area contributed by atoms with Gasteiger partial charge in [0, 0.05) is 17.6 Å². The van der Waals surface area contributed by atoms with Crippen LogP contribution in [0.1, 0.15) is 20.3 Å². The molecule has 0 amide bonds. The average Bonchev–Trinajstić information content (AvgIpc) is 1.85. The monoisotopic (exact) mass is 164 g/mol. The molecule has 0 aliphatic carbocycles. The van der Waals surface area contributed by atoms with Gasteiger partial charge in [0.05, 0.1) is 6.10 Å². The average molecular weight is 164 g/mol. The molecule has 0 spiro atoms. The topological polar surface area (TPSA) is 40.5 Å². The molecule has 0 heterocycles. The van der Waals surface area contributed by atoms with Crippen LogP contribution in [0.2, 0.25) is 0 Å². The second kappa shape index (κ2) is 6.01. The first-order chi connectivity index (χ1) is 4.66. The number of hydrogen-bond donors (Lipinski definition) is 2. The lowest BCUT2D eigenvalue weighted by Crippen LogP contribution is -2.08. The maximum Gasteiger partial charge on any atom is 0.0602 e. The summed E-state index contributed by atoms with van der Waals surface area (Å²) in [5.41, 5.74) is 0. The van der Waals surface area contributed by atoms with E-state index < -0.39 is 0 Å². The minimum Gasteiger partial charge on any atom is -0.396 e. The molecule has 0 bridgehead atoms. The van der Waals surface area contributed by atoms with Gasteiger partial charge in [-0.2, -0.15) is 11.8 Å². The number of hydrogen-bond acceptors (Lipinski definition) is 3. The first-order valence-corrected chi connectivity index (χ1v) is 4.62. The smallest absolute Gasteiger partial charge is 0.0602 e. The Morgan fingerprint density at radius 3 is 2.40 bits per heavy atom. The molecular formula is C7H16O2S. The zero-order valence-electron chi connectivity index (χ0n) is 6.58. The highest BCUT2D eigenvalue weighted by Crippen LogP contribution is 2.14. The molecule has 0 saturated heterocycles. The van der Waals surface area contributed by atoms with Crippen molar-refractivity contribution < 1.29 is 10.2 Å². The van der Waals surface area contributed by atoms with Crippen molar-refractivity contribution in [2.24, 2.45) is 0 Å². The second-order valence-electron chi connectivity index (χ2n) is 2.51. The molecule has 2 atom stereocenters. The van der Waals surface area contributed by atoms with Gasteiger partial charge >= 0.3 is 0 Å². The van der Waals surface area contributed by atoms with E-state index in [0.29, 0.717) is 5.25 Å². The predicted molar refractivity (Wildman–Crippen MR) is 45.3 cm³/mol. The van der Waals surface area contributed by atoms with Crippen molar-refractivity contribution in [2.45, 2.75) is 31.6 Å². The van der Waals surface area contributed by atoms with E-state index >= 15 is 0 Å². The lowest BCUT2D eigenvalue weighted by atomic mass is 10.3. The zero-order chi connectivity index (χ0) is 7.98. The van der Waals surface area contributed by atoms with Crippen LogP contribution in [0.3, 0.4) is 0 Å². The second-order valence-corrected chi connectivity index (χ2v) is 3.98. The summed E-state index contributed by atoms with van der Waals surface area (Å²) in [5.74, 6) is 0.765. The van der Waals surface area contributed by atoms with Crippen LogP contribution < -0.4 is 0 Å². The van der Waals surface area contributed by atoms with E-state index in [9.17, 15) is 0 Å². The van der Waals surface area contributed by atoms with Gasteiger partial charge in [-0.3, -0.25) is 0 Å². The van der Waals surface area contributed by atoms with Gasteiger partial charge in [0.25, 0.3) is 0 Å². The van der Waals surface area contributed by atoms with Crippen molar-refractivity contribution in [1.29, 1.82) is 0 Å². The van der Waals surface area contributed by atoms with Crippen molar-refractivity contribution in [2.75, 3.05) is 12.4 Å². The van der Waals surface area contributed by atoms with Crippen LogP contribution in [0.25, 0.3) is 0 Å². The minimum absolute atomic E-state index is 0.230. The third-order valence-electron chi connectivity index (χ3n) is 1.16. The number of aliphatic hydroxyl groups excluding tert-OH is 2. The molecule has 0 saturated carbocycles. The molecule has 62 valence electrons. The molecule has 0 fully saturated rings. The Morgan fingerprint density at radius 2 is 2.00 bits per heavy atom. The van der Waals surface area contributed by atoms with Crippen LogP contribution in [0, 0.1) is 0 Å². The molecule has 0 aromatic rings. The molecule has 0 radical (unpaired) electrons. The van der Waals surface area contributed by atoms with Crippen LogP contribution >= 0.6 is 11.8 Å². The van der Waals surface area contributed by atoms with E-state index in [4.69, 9.17) is 10.2 Å². The number of thioether (sulfide) groups is 1. The summed E-state index contributed by atoms with van der Waals surface area (Å²) in [7, 11) is 0. The normalized spacial score (nSPS) is 16.8. The van der Waals surface area contributed by atoms with E-state index in [-0.39, 0.29) is 12.7 Å². The third-order valence-corrected chi connectivity index (χ3v) is 2.64. The first-order valence-electron chi connectivity index (χ1n) is 3.57. The Morgan fingerprint density at radius 1 is 1.40 bits per heavy atom. The Labute approximate surface area is 66.6 Å². The van der Waals surface area contributed by atoms with Crippen molar-refractivity contribution in [3.05, 3.63) is 0 Å². The van der Waals surface area contributed by atoms with E-state index in [2.05, 4.69) is 6.92 Å². The van der Waals surface area contributed by atoms with Gasteiger partial charge in [0.15, 0.2) is 0 Å². The Bertz CT molecular complexity index is 76.0. The summed E-state index contributed by atoms with van der Waals surface area (Å²) in [6.45, 7) is 4.08. The molecule has 3 heteroatoms. The van der Waals surface area contributed by atoms with Gasteiger partial charge < -0.3 is 10.2 Å². The number of aliphatic hydroxyl groups is 2. The molecule has 2 N–H and O–H groups in total. The summed E-state index contributed by atoms with van der Waals surface area (Å²) in [6, 6.07) is 0. The highest BCUT2D eigenvalue weighted by atomic mass is 32.2. The first kappa shape index (κ1) is 10.3. The fraction of sp³-hybridized carbons (Fsp3) is 1.00. The summed E-state index contributed by atoms with van der Waals surface area (Å²) in [4.78, 5) is 0. The molecular weight excluding hydrogens is 148 g/mol.